The van der Waals surface area contributed by atoms with Crippen molar-refractivity contribution in [2.24, 2.45) is 0 Å². The van der Waals surface area contributed by atoms with E-state index < -0.39 is 0 Å². The number of amides is 1. The highest BCUT2D eigenvalue weighted by Crippen LogP contribution is 2.19. The summed E-state index contributed by atoms with van der Waals surface area (Å²) in [5.41, 5.74) is 0. The molecule has 1 amide bonds. The molecular formula is C15H23N5O2. The summed E-state index contributed by atoms with van der Waals surface area (Å²) in [4.78, 5) is 18.1. The van der Waals surface area contributed by atoms with Crippen LogP contribution in [0, 0.1) is 0 Å². The van der Waals surface area contributed by atoms with Crippen molar-refractivity contribution in [2.75, 3.05) is 62.8 Å². The molecule has 2 fully saturated rings. The SMILES string of the molecule is COCC(=O)N1CCN(c2ccc(N3CCCC3)nn2)CC1. The molecule has 0 radical (unpaired) electrons. The molecule has 120 valence electrons. The zero-order chi connectivity index (χ0) is 15.4. The highest BCUT2D eigenvalue weighted by atomic mass is 16.5. The summed E-state index contributed by atoms with van der Waals surface area (Å²) in [5, 5.41) is 8.71. The van der Waals surface area contributed by atoms with Gasteiger partial charge in [-0.3, -0.25) is 4.79 Å². The average Bonchev–Trinajstić information content (AvgIpc) is 3.10. The van der Waals surface area contributed by atoms with E-state index in [0.717, 1.165) is 37.8 Å². The normalized spacial score (nSPS) is 18.9. The fraction of sp³-hybridized carbons (Fsp3) is 0.667. The van der Waals surface area contributed by atoms with Crippen LogP contribution in [-0.4, -0.2) is 74.0 Å². The lowest BCUT2D eigenvalue weighted by Crippen LogP contribution is -2.50. The van der Waals surface area contributed by atoms with E-state index in [2.05, 4.69) is 26.1 Å². The van der Waals surface area contributed by atoms with E-state index in [4.69, 9.17) is 4.74 Å². The summed E-state index contributed by atoms with van der Waals surface area (Å²) in [6, 6.07) is 4.09. The molecule has 0 N–H and O–H groups in total. The molecule has 0 bridgehead atoms. The lowest BCUT2D eigenvalue weighted by Gasteiger charge is -2.35. The van der Waals surface area contributed by atoms with Crippen molar-refractivity contribution in [1.29, 1.82) is 0 Å². The quantitative estimate of drug-likeness (QED) is 0.801. The molecule has 22 heavy (non-hydrogen) atoms. The smallest absolute Gasteiger partial charge is 0.248 e. The van der Waals surface area contributed by atoms with E-state index in [1.165, 1.54) is 12.8 Å². The predicted molar refractivity (Wildman–Crippen MR) is 84.1 cm³/mol. The summed E-state index contributed by atoms with van der Waals surface area (Å²) in [7, 11) is 1.55. The fourth-order valence-electron chi connectivity index (χ4n) is 3.00. The third kappa shape index (κ3) is 3.30. The van der Waals surface area contributed by atoms with Crippen molar-refractivity contribution >= 4 is 17.5 Å². The maximum absolute atomic E-state index is 11.8. The number of hydrogen-bond donors (Lipinski definition) is 0. The molecule has 2 aliphatic heterocycles. The van der Waals surface area contributed by atoms with Crippen molar-refractivity contribution in [3.05, 3.63) is 12.1 Å². The molecule has 1 aromatic heterocycles. The summed E-state index contributed by atoms with van der Waals surface area (Å²) < 4.78 is 4.90. The van der Waals surface area contributed by atoms with E-state index in [-0.39, 0.29) is 12.5 Å². The molecular weight excluding hydrogens is 282 g/mol. The van der Waals surface area contributed by atoms with Crippen LogP contribution in [0.5, 0.6) is 0 Å². The Morgan fingerprint density at radius 2 is 1.55 bits per heavy atom. The van der Waals surface area contributed by atoms with Crippen LogP contribution in [0.4, 0.5) is 11.6 Å². The van der Waals surface area contributed by atoms with Gasteiger partial charge in [-0.05, 0) is 25.0 Å². The number of anilines is 2. The molecule has 2 saturated heterocycles. The van der Waals surface area contributed by atoms with Crippen LogP contribution < -0.4 is 9.80 Å². The Labute approximate surface area is 130 Å². The molecule has 0 aliphatic carbocycles. The van der Waals surface area contributed by atoms with Gasteiger partial charge in [-0.1, -0.05) is 0 Å². The topological polar surface area (TPSA) is 61.8 Å². The van der Waals surface area contributed by atoms with Crippen LogP contribution in [-0.2, 0) is 9.53 Å². The number of methoxy groups -OCH3 is 1. The minimum atomic E-state index is 0.0533. The predicted octanol–water partition coefficient (Wildman–Crippen LogP) is 0.372. The second kappa shape index (κ2) is 6.91. The Hall–Kier alpha value is -1.89. The van der Waals surface area contributed by atoms with Gasteiger partial charge < -0.3 is 19.4 Å². The number of nitrogens with zero attached hydrogens (tertiary/aromatic N) is 5. The minimum absolute atomic E-state index is 0.0533. The molecule has 0 aromatic carbocycles. The summed E-state index contributed by atoms with van der Waals surface area (Å²) in [6.07, 6.45) is 2.47. The lowest BCUT2D eigenvalue weighted by atomic mass is 10.3. The first kappa shape index (κ1) is 15.0. The van der Waals surface area contributed by atoms with Crippen LogP contribution in [0.1, 0.15) is 12.8 Å². The van der Waals surface area contributed by atoms with Crippen molar-refractivity contribution in [3.8, 4) is 0 Å². The summed E-state index contributed by atoms with van der Waals surface area (Å²) >= 11 is 0. The van der Waals surface area contributed by atoms with Gasteiger partial charge in [0.2, 0.25) is 5.91 Å². The number of ether oxygens (including phenoxy) is 1. The Morgan fingerprint density at radius 3 is 2.05 bits per heavy atom. The highest BCUT2D eigenvalue weighted by Gasteiger charge is 2.22. The molecule has 2 aliphatic rings. The van der Waals surface area contributed by atoms with Crippen LogP contribution >= 0.6 is 0 Å². The average molecular weight is 305 g/mol. The van der Waals surface area contributed by atoms with Crippen LogP contribution in [0.2, 0.25) is 0 Å². The first-order valence-electron chi connectivity index (χ1n) is 7.88. The van der Waals surface area contributed by atoms with Crippen LogP contribution in [0.3, 0.4) is 0 Å². The van der Waals surface area contributed by atoms with Crippen LogP contribution in [0.15, 0.2) is 12.1 Å². The van der Waals surface area contributed by atoms with E-state index in [9.17, 15) is 4.79 Å². The van der Waals surface area contributed by atoms with Gasteiger partial charge in [-0.2, -0.15) is 0 Å². The number of aromatic nitrogens is 2. The van der Waals surface area contributed by atoms with Crippen molar-refractivity contribution < 1.29 is 9.53 Å². The minimum Gasteiger partial charge on any atom is -0.375 e. The van der Waals surface area contributed by atoms with Gasteiger partial charge in [0.15, 0.2) is 11.6 Å². The van der Waals surface area contributed by atoms with Gasteiger partial charge in [0.25, 0.3) is 0 Å². The second-order valence-electron chi connectivity index (χ2n) is 5.74. The third-order valence-corrected chi connectivity index (χ3v) is 4.29. The first-order valence-corrected chi connectivity index (χ1v) is 7.88. The Balaban J connectivity index is 1.55. The molecule has 0 unspecified atom stereocenters. The number of piperazine rings is 1. The summed E-state index contributed by atoms with van der Waals surface area (Å²) in [6.45, 7) is 5.29. The van der Waals surface area contributed by atoms with Gasteiger partial charge in [0, 0.05) is 46.4 Å². The molecule has 7 nitrogen and oxygen atoms in total. The van der Waals surface area contributed by atoms with Crippen LogP contribution in [0.25, 0.3) is 0 Å². The van der Waals surface area contributed by atoms with E-state index in [1.54, 1.807) is 7.11 Å². The number of rotatable bonds is 4. The molecule has 0 saturated carbocycles. The maximum atomic E-state index is 11.8. The summed E-state index contributed by atoms with van der Waals surface area (Å²) in [5.74, 6) is 1.91. The van der Waals surface area contributed by atoms with Crippen molar-refractivity contribution in [1.82, 2.24) is 15.1 Å². The maximum Gasteiger partial charge on any atom is 0.248 e. The van der Waals surface area contributed by atoms with E-state index in [0.29, 0.717) is 13.1 Å². The monoisotopic (exact) mass is 305 g/mol. The first-order chi connectivity index (χ1) is 10.8. The Morgan fingerprint density at radius 1 is 1.00 bits per heavy atom. The molecule has 3 rings (SSSR count). The van der Waals surface area contributed by atoms with Gasteiger partial charge in [-0.25, -0.2) is 0 Å². The van der Waals surface area contributed by atoms with E-state index in [1.807, 2.05) is 11.0 Å². The van der Waals surface area contributed by atoms with Crippen molar-refractivity contribution in [3.63, 3.8) is 0 Å². The second-order valence-corrected chi connectivity index (χ2v) is 5.74. The zero-order valence-corrected chi connectivity index (χ0v) is 13.1. The molecule has 0 atom stereocenters. The highest BCUT2D eigenvalue weighted by molar-refractivity contribution is 5.77. The molecule has 0 spiro atoms. The van der Waals surface area contributed by atoms with Gasteiger partial charge in [0.05, 0.1) is 0 Å². The van der Waals surface area contributed by atoms with Gasteiger partial charge in [-0.15, -0.1) is 10.2 Å². The van der Waals surface area contributed by atoms with E-state index >= 15 is 0 Å². The fourth-order valence-corrected chi connectivity index (χ4v) is 3.00. The van der Waals surface area contributed by atoms with Gasteiger partial charge in [0.1, 0.15) is 6.61 Å². The van der Waals surface area contributed by atoms with Crippen molar-refractivity contribution in [2.45, 2.75) is 12.8 Å². The third-order valence-electron chi connectivity index (χ3n) is 4.29. The zero-order valence-electron chi connectivity index (χ0n) is 13.1. The largest absolute Gasteiger partial charge is 0.375 e. The van der Waals surface area contributed by atoms with Gasteiger partial charge >= 0.3 is 0 Å². The molecule has 3 heterocycles. The number of carbonyl (C=O) groups excluding carboxylic acids is 1. The Kier molecular flexibility index (Phi) is 4.72. The number of carbonyl (C=O) groups is 1. The standard InChI is InChI=1S/C15H23N5O2/c1-22-12-15(21)20-10-8-19(9-11-20)14-5-4-13(16-17-14)18-6-2-3-7-18/h4-5H,2-3,6-12H2,1H3. The number of hydrogen-bond acceptors (Lipinski definition) is 6. The lowest BCUT2D eigenvalue weighted by molar-refractivity contribution is -0.135. The molecule has 7 heteroatoms. The molecule has 1 aromatic rings. The Bertz CT molecular complexity index is 493.